The molecule has 0 aliphatic rings. The third-order valence-corrected chi connectivity index (χ3v) is 8.43. The Hall–Kier alpha value is -6.44. The van der Waals surface area contributed by atoms with Gasteiger partial charge in [-0.25, -0.2) is 0 Å². The van der Waals surface area contributed by atoms with Crippen molar-refractivity contribution in [1.82, 2.24) is 0 Å². The van der Waals surface area contributed by atoms with Crippen LogP contribution >= 0.6 is 0 Å². The maximum Gasteiger partial charge on any atom is 0.143 e. The first kappa shape index (κ1) is 13.6. The van der Waals surface area contributed by atoms with Crippen LogP contribution in [0.25, 0.3) is 98.8 Å². The number of benzene rings is 9. The summed E-state index contributed by atoms with van der Waals surface area (Å²) >= 11 is 0. The topological polar surface area (TPSA) is 13.1 Å². The highest BCUT2D eigenvalue weighted by atomic mass is 16.3. The smallest absolute Gasteiger partial charge is 0.143 e. The van der Waals surface area contributed by atoms with Crippen molar-refractivity contribution in [3.05, 3.63) is 181 Å². The zero-order valence-corrected chi connectivity index (χ0v) is 25.0. The summed E-state index contributed by atoms with van der Waals surface area (Å²) in [5.74, 6) is 0. The van der Waals surface area contributed by atoms with Crippen molar-refractivity contribution in [2.24, 2.45) is 0 Å². The Bertz CT molecular complexity index is 4030. The summed E-state index contributed by atoms with van der Waals surface area (Å²) in [6.45, 7) is 0. The van der Waals surface area contributed by atoms with Crippen LogP contribution in [0.3, 0.4) is 0 Å². The van der Waals surface area contributed by atoms with Crippen LogP contribution in [0.5, 0.6) is 0 Å². The van der Waals surface area contributed by atoms with Gasteiger partial charge in [-0.15, -0.1) is 0 Å². The van der Waals surface area contributed by atoms with Crippen LogP contribution in [0.15, 0.2) is 186 Å². The molecule has 0 saturated carbocycles. The minimum Gasteiger partial charge on any atom is -0.455 e. The molecule has 0 radical (unpaired) electrons. The molecule has 1 aromatic heterocycles. The van der Waals surface area contributed by atoms with E-state index in [1.165, 1.54) is 0 Å². The van der Waals surface area contributed by atoms with E-state index < -0.39 is 155 Å². The summed E-state index contributed by atoms with van der Waals surface area (Å²) in [5, 5.41) is 0.0536. The Morgan fingerprint density at radius 3 is 1.67 bits per heavy atom. The second-order valence-electron chi connectivity index (χ2n) is 11.1. The lowest BCUT2D eigenvalue weighted by Gasteiger charge is -2.20. The van der Waals surface area contributed by atoms with Gasteiger partial charge in [-0.1, -0.05) is 163 Å². The second-order valence-corrected chi connectivity index (χ2v) is 11.1. The van der Waals surface area contributed by atoms with E-state index in [0.717, 1.165) is 0 Å². The molecule has 49 heavy (non-hydrogen) atoms. The molecule has 0 saturated heterocycles. The molecule has 0 amide bonds. The van der Waals surface area contributed by atoms with Crippen LogP contribution in [0.2, 0.25) is 0 Å². The first-order valence-corrected chi connectivity index (χ1v) is 15.1. The van der Waals surface area contributed by atoms with Crippen molar-refractivity contribution >= 4 is 54.3 Å². The monoisotopic (exact) mass is 644 g/mol. The molecule has 0 aliphatic heterocycles. The van der Waals surface area contributed by atoms with Crippen molar-refractivity contribution in [3.8, 4) is 44.5 Å². The maximum absolute atomic E-state index is 9.83. The van der Waals surface area contributed by atoms with Gasteiger partial charge in [-0.3, -0.25) is 0 Å². The summed E-state index contributed by atoms with van der Waals surface area (Å²) in [6, 6.07) is -2.50. The molecule has 1 nitrogen and oxygen atoms in total. The summed E-state index contributed by atoms with van der Waals surface area (Å²) in [4.78, 5) is 0. The molecule has 10 rings (SSSR count). The van der Waals surface area contributed by atoms with E-state index in [1.54, 1.807) is 48.5 Å². The van der Waals surface area contributed by atoms with Gasteiger partial charge in [-0.2, -0.15) is 0 Å². The molecule has 0 N–H and O–H groups in total. The Morgan fingerprint density at radius 1 is 0.367 bits per heavy atom. The average molecular weight is 645 g/mol. The molecule has 9 aromatic carbocycles. The van der Waals surface area contributed by atoms with Crippen LogP contribution < -0.4 is 0 Å². The molecule has 0 bridgehead atoms. The molecule has 0 fully saturated rings. The largest absolute Gasteiger partial charge is 0.455 e. The zero-order chi connectivity index (χ0) is 51.5. The van der Waals surface area contributed by atoms with E-state index >= 15 is 0 Å². The van der Waals surface area contributed by atoms with Gasteiger partial charge in [0.05, 0.1) is 30.2 Å². The van der Waals surface area contributed by atoms with E-state index in [4.69, 9.17) is 25.0 Å². The predicted molar refractivity (Wildman–Crippen MR) is 208 cm³/mol. The van der Waals surface area contributed by atoms with Crippen LogP contribution in [-0.2, 0) is 0 Å². The first-order chi connectivity index (χ1) is 33.5. The van der Waals surface area contributed by atoms with Gasteiger partial charge in [0.15, 0.2) is 0 Å². The Morgan fingerprint density at radius 2 is 0.939 bits per heavy atom. The molecule has 10 aromatic rings. The molecule has 228 valence electrons. The first-order valence-electron chi connectivity index (χ1n) is 26.1. The van der Waals surface area contributed by atoms with Crippen LogP contribution in [-0.4, -0.2) is 0 Å². The number of hydrogen-bond acceptors (Lipinski definition) is 1. The number of furan rings is 1. The normalized spacial score (nSPS) is 18.0. The van der Waals surface area contributed by atoms with Crippen molar-refractivity contribution < 1.29 is 34.6 Å². The minimum absolute atomic E-state index is 0.0976. The molecular formula is C48H30O. The van der Waals surface area contributed by atoms with E-state index in [9.17, 15) is 9.60 Å². The van der Waals surface area contributed by atoms with Gasteiger partial charge in [0.1, 0.15) is 11.2 Å². The highest BCUT2D eigenvalue weighted by Crippen LogP contribution is 2.47. The highest BCUT2D eigenvalue weighted by Gasteiger charge is 2.20. The summed E-state index contributed by atoms with van der Waals surface area (Å²) in [5.41, 5.74) is -3.10. The highest BCUT2D eigenvalue weighted by molar-refractivity contribution is 6.23. The van der Waals surface area contributed by atoms with E-state index in [0.29, 0.717) is 0 Å². The lowest BCUT2D eigenvalue weighted by Crippen LogP contribution is -1.92. The lowest BCUT2D eigenvalue weighted by molar-refractivity contribution is 0.672. The quantitative estimate of drug-likeness (QED) is 0.174. The average Bonchev–Trinajstić information content (AvgIpc) is 3.77. The maximum atomic E-state index is 9.83. The molecular weight excluding hydrogens is 593 g/mol. The SMILES string of the molecule is [2H]c1c([2H])c([2H])c(-c2c([2H])c([2H])c(-c3c([2H])c([2H])c([2H])c([2H])c3-c3c4ccccc4c(-c4c([2H])c([2H])c5oc6c7c([2H])c([2H])c([2H])c([2H])c7c([2H])c([2H])c6c5c4[2H])c4ccccc34)c([2H])c2[2H])c([2H])c1[2H]. The molecule has 0 spiro atoms. The lowest BCUT2D eigenvalue weighted by atomic mass is 9.83. The molecule has 0 unspecified atom stereocenters. The van der Waals surface area contributed by atoms with Gasteiger partial charge < -0.3 is 4.42 Å². The van der Waals surface area contributed by atoms with Crippen molar-refractivity contribution in [3.63, 3.8) is 0 Å². The van der Waals surface area contributed by atoms with E-state index in [2.05, 4.69) is 0 Å². The van der Waals surface area contributed by atoms with Crippen LogP contribution in [0.1, 0.15) is 30.2 Å². The molecule has 1 heterocycles. The van der Waals surface area contributed by atoms with Gasteiger partial charge in [-0.05, 0) is 89.6 Å². The summed E-state index contributed by atoms with van der Waals surface area (Å²) < 4.78 is 202. The fourth-order valence-electron chi connectivity index (χ4n) is 6.33. The summed E-state index contributed by atoms with van der Waals surface area (Å²) in [7, 11) is 0. The fourth-order valence-corrected chi connectivity index (χ4v) is 6.33. The van der Waals surface area contributed by atoms with Gasteiger partial charge in [0, 0.05) is 16.2 Å². The van der Waals surface area contributed by atoms with Gasteiger partial charge in [0.2, 0.25) is 0 Å². The number of fused-ring (bicyclic) bond motifs is 7. The Balaban J connectivity index is 1.34. The van der Waals surface area contributed by atoms with Crippen molar-refractivity contribution in [1.29, 1.82) is 0 Å². The third-order valence-electron chi connectivity index (χ3n) is 8.43. The fraction of sp³-hybridized carbons (Fsp3) is 0. The Labute approximate surface area is 315 Å². The van der Waals surface area contributed by atoms with E-state index in [1.807, 2.05) is 0 Å². The second kappa shape index (κ2) is 11.1. The number of rotatable bonds is 4. The minimum atomic E-state index is -0.857. The molecule has 1 heteroatoms. The Kier molecular flexibility index (Phi) is 3.07. The van der Waals surface area contributed by atoms with Gasteiger partial charge in [0.25, 0.3) is 0 Å². The zero-order valence-electron chi connectivity index (χ0n) is 47.0. The number of hydrogen-bond donors (Lipinski definition) is 0. The molecule has 0 aliphatic carbocycles. The van der Waals surface area contributed by atoms with Crippen LogP contribution in [0.4, 0.5) is 0 Å². The van der Waals surface area contributed by atoms with Crippen molar-refractivity contribution in [2.75, 3.05) is 0 Å². The van der Waals surface area contributed by atoms with Crippen LogP contribution in [0, 0.1) is 0 Å². The third kappa shape index (κ3) is 4.40. The molecule has 0 atom stereocenters. The standard InChI is InChI=1S/C48H30O/c1-2-12-31(13-3-1)32-22-24-34(25-23-32)36-15-6-7-17-38(36)47-41-20-10-8-18-39(41)46(40-19-9-11-21-42(40)47)35-27-29-45-44(30-35)43-28-26-33-14-4-5-16-37(33)48(43)49-45/h1-30H/i1D,2D,3D,4D,5D,6D,7D,12D,13D,14D,15D,16D,17D,22D,23D,24D,25D,26D,27D,28D,29D,30D. The summed E-state index contributed by atoms with van der Waals surface area (Å²) in [6.07, 6.45) is 0. The van der Waals surface area contributed by atoms with Crippen molar-refractivity contribution in [2.45, 2.75) is 0 Å². The van der Waals surface area contributed by atoms with E-state index in [-0.39, 0.29) is 76.5 Å². The predicted octanol–water partition coefficient (Wildman–Crippen LogP) is 13.7. The van der Waals surface area contributed by atoms with Gasteiger partial charge >= 0.3 is 0 Å².